The van der Waals surface area contributed by atoms with E-state index in [-0.39, 0.29) is 0 Å². The SMILES string of the molecule is c1ccc2c(c1)oc1ccc3nc(-n4c5ccccc5c5ccc(-n6c7ccccc7c7ccccc76)cc54)oc3c12. The third kappa shape index (κ3) is 2.79. The minimum atomic E-state index is 0.536. The zero-order valence-electron chi connectivity index (χ0n) is 22.3. The van der Waals surface area contributed by atoms with E-state index in [4.69, 9.17) is 13.8 Å². The molecule has 0 aliphatic heterocycles. The molecule has 6 aromatic carbocycles. The van der Waals surface area contributed by atoms with Gasteiger partial charge in [0.2, 0.25) is 0 Å². The molecule has 0 unspecified atom stereocenters. The molecule has 5 nitrogen and oxygen atoms in total. The van der Waals surface area contributed by atoms with Crippen LogP contribution in [0.25, 0.3) is 88.4 Å². The van der Waals surface area contributed by atoms with Gasteiger partial charge in [-0.3, -0.25) is 4.57 Å². The molecule has 0 spiro atoms. The van der Waals surface area contributed by atoms with Crippen molar-refractivity contribution >= 4 is 76.6 Å². The molecule has 10 aromatic rings. The number of aromatic nitrogens is 3. The number of hydrogen-bond acceptors (Lipinski definition) is 3. The second kappa shape index (κ2) is 7.89. The molecule has 0 saturated carbocycles. The van der Waals surface area contributed by atoms with Crippen LogP contribution in [0.3, 0.4) is 0 Å². The number of benzene rings is 6. The number of oxazole rings is 1. The lowest BCUT2D eigenvalue weighted by atomic mass is 10.1. The quantitative estimate of drug-likeness (QED) is 0.220. The first-order valence-electron chi connectivity index (χ1n) is 14.1. The maximum atomic E-state index is 6.66. The number of hydrogen-bond donors (Lipinski definition) is 0. The molecule has 0 saturated heterocycles. The van der Waals surface area contributed by atoms with E-state index in [0.717, 1.165) is 60.5 Å². The third-order valence-corrected chi connectivity index (χ3v) is 8.57. The fourth-order valence-electron chi connectivity index (χ4n) is 6.78. The van der Waals surface area contributed by atoms with E-state index in [1.165, 1.54) is 21.8 Å². The summed E-state index contributed by atoms with van der Waals surface area (Å²) in [5, 5.41) is 6.76. The Labute approximate surface area is 238 Å². The minimum Gasteiger partial charge on any atom is -0.456 e. The Kier molecular flexibility index (Phi) is 4.12. The van der Waals surface area contributed by atoms with Crippen LogP contribution < -0.4 is 0 Å². The van der Waals surface area contributed by atoms with Gasteiger partial charge in [-0.05, 0) is 48.5 Å². The van der Waals surface area contributed by atoms with Crippen molar-refractivity contribution in [3.8, 4) is 11.7 Å². The van der Waals surface area contributed by atoms with Crippen molar-refractivity contribution in [1.29, 1.82) is 0 Å². The van der Waals surface area contributed by atoms with Gasteiger partial charge in [0.1, 0.15) is 16.7 Å². The highest BCUT2D eigenvalue weighted by molar-refractivity contribution is 6.16. The van der Waals surface area contributed by atoms with Gasteiger partial charge in [0.05, 0.1) is 27.5 Å². The number of fused-ring (bicyclic) bond motifs is 11. The summed E-state index contributed by atoms with van der Waals surface area (Å²) in [5.74, 6) is 0. The van der Waals surface area contributed by atoms with Gasteiger partial charge < -0.3 is 13.4 Å². The largest absolute Gasteiger partial charge is 0.456 e. The lowest BCUT2D eigenvalue weighted by Crippen LogP contribution is -1.97. The third-order valence-electron chi connectivity index (χ3n) is 8.57. The molecule has 10 rings (SSSR count). The van der Waals surface area contributed by atoms with Crippen LogP contribution in [0, 0.1) is 0 Å². The van der Waals surface area contributed by atoms with Gasteiger partial charge in [-0.25, -0.2) is 0 Å². The molecule has 4 aromatic heterocycles. The predicted octanol–water partition coefficient (Wildman–Crippen LogP) is 9.92. The van der Waals surface area contributed by atoms with Crippen molar-refractivity contribution < 1.29 is 8.83 Å². The van der Waals surface area contributed by atoms with Crippen LogP contribution in [0.2, 0.25) is 0 Å². The minimum absolute atomic E-state index is 0.536. The predicted molar refractivity (Wildman–Crippen MR) is 170 cm³/mol. The Bertz CT molecular complexity index is 2650. The van der Waals surface area contributed by atoms with Crippen LogP contribution in [0.4, 0.5) is 0 Å². The summed E-state index contributed by atoms with van der Waals surface area (Å²) in [6, 6.07) is 44.9. The molecular formula is C37H21N3O2. The summed E-state index contributed by atoms with van der Waals surface area (Å²) in [7, 11) is 0. The molecule has 0 radical (unpaired) electrons. The van der Waals surface area contributed by atoms with Gasteiger partial charge in [-0.2, -0.15) is 4.98 Å². The lowest BCUT2D eigenvalue weighted by Gasteiger charge is -2.09. The van der Waals surface area contributed by atoms with Gasteiger partial charge in [0.25, 0.3) is 0 Å². The normalized spacial score (nSPS) is 12.3. The summed E-state index contributed by atoms with van der Waals surface area (Å²) in [4.78, 5) is 5.03. The molecule has 0 aliphatic carbocycles. The highest BCUT2D eigenvalue weighted by Gasteiger charge is 2.21. The van der Waals surface area contributed by atoms with Crippen molar-refractivity contribution in [1.82, 2.24) is 14.1 Å². The molecule has 196 valence electrons. The zero-order chi connectivity index (χ0) is 27.4. The molecule has 0 N–H and O–H groups in total. The van der Waals surface area contributed by atoms with Crippen LogP contribution in [0.1, 0.15) is 0 Å². The second-order valence-electron chi connectivity index (χ2n) is 10.8. The van der Waals surface area contributed by atoms with E-state index in [1.54, 1.807) is 0 Å². The fraction of sp³-hybridized carbons (Fsp3) is 0. The number of nitrogens with zero attached hydrogens (tertiary/aromatic N) is 3. The van der Waals surface area contributed by atoms with E-state index < -0.39 is 0 Å². The average molecular weight is 540 g/mol. The van der Waals surface area contributed by atoms with Gasteiger partial charge >= 0.3 is 6.01 Å². The monoisotopic (exact) mass is 539 g/mol. The topological polar surface area (TPSA) is 49.0 Å². The van der Waals surface area contributed by atoms with E-state index in [2.05, 4.69) is 106 Å². The Hall–Kier alpha value is -5.81. The van der Waals surface area contributed by atoms with Gasteiger partial charge in [0.15, 0.2) is 5.58 Å². The van der Waals surface area contributed by atoms with Gasteiger partial charge in [-0.15, -0.1) is 0 Å². The van der Waals surface area contributed by atoms with Gasteiger partial charge in [-0.1, -0.05) is 78.9 Å². The molecular weight excluding hydrogens is 518 g/mol. The van der Waals surface area contributed by atoms with Crippen LogP contribution >= 0.6 is 0 Å². The highest BCUT2D eigenvalue weighted by atomic mass is 16.4. The van der Waals surface area contributed by atoms with E-state index in [1.807, 2.05) is 30.3 Å². The summed E-state index contributed by atoms with van der Waals surface area (Å²) in [5.41, 5.74) is 8.69. The lowest BCUT2D eigenvalue weighted by molar-refractivity contribution is 0.577. The maximum absolute atomic E-state index is 6.66. The van der Waals surface area contributed by atoms with Crippen LogP contribution in [-0.4, -0.2) is 14.1 Å². The van der Waals surface area contributed by atoms with E-state index >= 15 is 0 Å². The second-order valence-corrected chi connectivity index (χ2v) is 10.8. The van der Waals surface area contributed by atoms with Crippen molar-refractivity contribution in [2.45, 2.75) is 0 Å². The summed E-state index contributed by atoms with van der Waals surface area (Å²) in [6.07, 6.45) is 0. The molecule has 4 heterocycles. The standard InChI is InChI=1S/C37H21N3O2/c1-5-13-29-23(9-1)24-10-2-6-14-30(24)39(29)22-17-18-26-25-11-3-7-15-31(25)40(32(26)21-22)37-38-28-19-20-34-35(36(28)42-37)27-12-4-8-16-33(27)41-34/h1-21H. The first-order valence-corrected chi connectivity index (χ1v) is 14.1. The Morgan fingerprint density at radius 1 is 0.452 bits per heavy atom. The first-order chi connectivity index (χ1) is 20.8. The van der Waals surface area contributed by atoms with Crippen LogP contribution in [0.15, 0.2) is 136 Å². The molecule has 0 amide bonds. The zero-order valence-corrected chi connectivity index (χ0v) is 22.3. The number of furan rings is 1. The fourth-order valence-corrected chi connectivity index (χ4v) is 6.78. The molecule has 5 heteroatoms. The Morgan fingerprint density at radius 2 is 1.05 bits per heavy atom. The Morgan fingerprint density at radius 3 is 1.76 bits per heavy atom. The van der Waals surface area contributed by atoms with Crippen molar-refractivity contribution in [2.75, 3.05) is 0 Å². The number of rotatable bonds is 2. The Balaban J connectivity index is 1.30. The number of para-hydroxylation sites is 4. The van der Waals surface area contributed by atoms with Crippen LogP contribution in [-0.2, 0) is 0 Å². The molecule has 0 bridgehead atoms. The summed E-state index contributed by atoms with van der Waals surface area (Å²) in [6.45, 7) is 0. The summed E-state index contributed by atoms with van der Waals surface area (Å²) < 4.78 is 17.3. The smallest absolute Gasteiger partial charge is 0.307 e. The summed E-state index contributed by atoms with van der Waals surface area (Å²) >= 11 is 0. The first kappa shape index (κ1) is 21.9. The molecule has 0 atom stereocenters. The highest BCUT2D eigenvalue weighted by Crippen LogP contribution is 2.39. The van der Waals surface area contributed by atoms with E-state index in [9.17, 15) is 0 Å². The maximum Gasteiger partial charge on any atom is 0.307 e. The van der Waals surface area contributed by atoms with Gasteiger partial charge in [0, 0.05) is 32.6 Å². The molecule has 0 aliphatic rings. The van der Waals surface area contributed by atoms with E-state index in [0.29, 0.717) is 6.01 Å². The molecule has 42 heavy (non-hydrogen) atoms. The molecule has 0 fully saturated rings. The van der Waals surface area contributed by atoms with Crippen LogP contribution in [0.5, 0.6) is 0 Å². The average Bonchev–Trinajstić information content (AvgIpc) is 3.79. The van der Waals surface area contributed by atoms with Crippen molar-refractivity contribution in [2.24, 2.45) is 0 Å². The van der Waals surface area contributed by atoms with Crippen molar-refractivity contribution in [3.63, 3.8) is 0 Å². The van der Waals surface area contributed by atoms with Crippen molar-refractivity contribution in [3.05, 3.63) is 127 Å².